The molecule has 1 aromatic heterocycles. The number of hydrogen-bond acceptors (Lipinski definition) is 4. The second-order valence-electron chi connectivity index (χ2n) is 6.91. The maximum atomic E-state index is 11.8. The maximum absolute atomic E-state index is 11.8. The monoisotopic (exact) mass is 342 g/mol. The molecule has 0 bridgehead atoms. The van der Waals surface area contributed by atoms with Gasteiger partial charge in [-0.05, 0) is 30.2 Å². The van der Waals surface area contributed by atoms with Gasteiger partial charge in [0.05, 0.1) is 11.4 Å². The van der Waals surface area contributed by atoms with Gasteiger partial charge in [-0.2, -0.15) is 0 Å². The van der Waals surface area contributed by atoms with Gasteiger partial charge in [0.2, 0.25) is 0 Å². The molecule has 126 valence electrons. The van der Waals surface area contributed by atoms with Crippen LogP contribution in [0.3, 0.4) is 0 Å². The number of rotatable bonds is 4. The minimum absolute atomic E-state index is 0.324. The van der Waals surface area contributed by atoms with Gasteiger partial charge in [0, 0.05) is 12.7 Å². The quantitative estimate of drug-likeness (QED) is 0.916. The fourth-order valence-electron chi connectivity index (χ4n) is 4.36. The summed E-state index contributed by atoms with van der Waals surface area (Å²) in [5.74, 6) is 0.211. The van der Waals surface area contributed by atoms with E-state index in [9.17, 15) is 9.90 Å². The lowest BCUT2D eigenvalue weighted by molar-refractivity contribution is -0.144. The first-order chi connectivity index (χ1) is 11.7. The number of nitrogens with zero attached hydrogens (tertiary/aromatic N) is 2. The van der Waals surface area contributed by atoms with Gasteiger partial charge in [-0.25, -0.2) is 4.98 Å². The Balaban J connectivity index is 1.52. The largest absolute Gasteiger partial charge is 0.480 e. The highest BCUT2D eigenvalue weighted by Gasteiger charge is 2.46. The molecule has 0 unspecified atom stereocenters. The minimum Gasteiger partial charge on any atom is -0.480 e. The SMILES string of the molecule is O=C(O)[C@@H]1[C@H]2CCCC[C@H]2CN1Cc1ncc(-c2ccccc2)s1. The van der Waals surface area contributed by atoms with Crippen molar-refractivity contribution in [1.29, 1.82) is 0 Å². The Bertz CT molecular complexity index is 715. The molecule has 2 fully saturated rings. The lowest BCUT2D eigenvalue weighted by Gasteiger charge is -2.27. The van der Waals surface area contributed by atoms with Gasteiger partial charge in [-0.1, -0.05) is 43.2 Å². The van der Waals surface area contributed by atoms with Crippen LogP contribution in [0.1, 0.15) is 30.7 Å². The summed E-state index contributed by atoms with van der Waals surface area (Å²) in [6, 6.07) is 9.90. The van der Waals surface area contributed by atoms with Crippen LogP contribution in [0.5, 0.6) is 0 Å². The van der Waals surface area contributed by atoms with E-state index in [1.54, 1.807) is 11.3 Å². The number of fused-ring (bicyclic) bond motifs is 1. The number of aliphatic carboxylic acids is 1. The van der Waals surface area contributed by atoms with Crippen LogP contribution in [-0.4, -0.2) is 33.5 Å². The van der Waals surface area contributed by atoms with Crippen molar-refractivity contribution in [2.75, 3.05) is 6.54 Å². The van der Waals surface area contributed by atoms with E-state index in [1.165, 1.54) is 24.8 Å². The first-order valence-electron chi connectivity index (χ1n) is 8.69. The molecular weight excluding hydrogens is 320 g/mol. The second-order valence-corrected chi connectivity index (χ2v) is 8.02. The summed E-state index contributed by atoms with van der Waals surface area (Å²) >= 11 is 1.67. The molecule has 0 spiro atoms. The van der Waals surface area contributed by atoms with Crippen LogP contribution in [0.4, 0.5) is 0 Å². The molecule has 3 atom stereocenters. The predicted molar refractivity (Wildman–Crippen MR) is 94.8 cm³/mol. The standard InChI is InChI=1S/C19H22N2O2S/c22-19(23)18-15-9-5-4-8-14(15)11-21(18)12-17-20-10-16(24-17)13-6-2-1-3-7-13/h1-3,6-7,10,14-15,18H,4-5,8-9,11-12H2,(H,22,23)/t14-,15-,18-/m0/s1. The molecule has 4 nitrogen and oxygen atoms in total. The first kappa shape index (κ1) is 15.8. The summed E-state index contributed by atoms with van der Waals surface area (Å²) in [6.07, 6.45) is 6.57. The molecule has 1 aliphatic carbocycles. The Morgan fingerprint density at radius 1 is 1.25 bits per heavy atom. The van der Waals surface area contributed by atoms with Crippen LogP contribution >= 0.6 is 11.3 Å². The summed E-state index contributed by atoms with van der Waals surface area (Å²) < 4.78 is 0. The van der Waals surface area contributed by atoms with Crippen LogP contribution < -0.4 is 0 Å². The van der Waals surface area contributed by atoms with E-state index in [2.05, 4.69) is 22.0 Å². The number of thiazole rings is 1. The summed E-state index contributed by atoms with van der Waals surface area (Å²) in [5.41, 5.74) is 1.17. The third-order valence-corrected chi connectivity index (χ3v) is 6.47. The molecular formula is C19H22N2O2S. The van der Waals surface area contributed by atoms with Crippen molar-refractivity contribution in [3.63, 3.8) is 0 Å². The number of carbonyl (C=O) groups is 1. The van der Waals surface area contributed by atoms with Gasteiger partial charge in [0.15, 0.2) is 0 Å². The Kier molecular flexibility index (Phi) is 4.37. The highest BCUT2D eigenvalue weighted by molar-refractivity contribution is 7.15. The normalized spacial score (nSPS) is 27.1. The maximum Gasteiger partial charge on any atom is 0.321 e. The van der Waals surface area contributed by atoms with Crippen LogP contribution in [-0.2, 0) is 11.3 Å². The predicted octanol–water partition coefficient (Wildman–Crippen LogP) is 3.89. The van der Waals surface area contributed by atoms with E-state index in [1.807, 2.05) is 24.4 Å². The van der Waals surface area contributed by atoms with E-state index < -0.39 is 5.97 Å². The first-order valence-corrected chi connectivity index (χ1v) is 9.51. The smallest absolute Gasteiger partial charge is 0.321 e. The molecule has 1 aliphatic heterocycles. The summed E-state index contributed by atoms with van der Waals surface area (Å²) in [7, 11) is 0. The lowest BCUT2D eigenvalue weighted by Crippen LogP contribution is -2.39. The molecule has 1 N–H and O–H groups in total. The van der Waals surface area contributed by atoms with Crippen molar-refractivity contribution in [3.8, 4) is 10.4 Å². The topological polar surface area (TPSA) is 53.4 Å². The number of aromatic nitrogens is 1. The molecule has 2 aromatic rings. The molecule has 24 heavy (non-hydrogen) atoms. The molecule has 1 saturated carbocycles. The molecule has 2 heterocycles. The molecule has 1 aromatic carbocycles. The van der Waals surface area contributed by atoms with E-state index >= 15 is 0 Å². The third kappa shape index (κ3) is 2.98. The van der Waals surface area contributed by atoms with Crippen LogP contribution in [0.15, 0.2) is 36.5 Å². The fourth-order valence-corrected chi connectivity index (χ4v) is 5.31. The highest BCUT2D eigenvalue weighted by atomic mass is 32.1. The van der Waals surface area contributed by atoms with E-state index in [-0.39, 0.29) is 6.04 Å². The van der Waals surface area contributed by atoms with Crippen molar-refractivity contribution >= 4 is 17.3 Å². The summed E-state index contributed by atoms with van der Waals surface area (Å²) in [4.78, 5) is 19.7. The molecule has 4 rings (SSSR count). The third-order valence-electron chi connectivity index (χ3n) is 5.44. The van der Waals surface area contributed by atoms with Crippen LogP contribution in [0, 0.1) is 11.8 Å². The molecule has 1 saturated heterocycles. The highest BCUT2D eigenvalue weighted by Crippen LogP contribution is 2.41. The number of benzene rings is 1. The molecule has 5 heteroatoms. The van der Waals surface area contributed by atoms with Crippen molar-refractivity contribution < 1.29 is 9.90 Å². The summed E-state index contributed by atoms with van der Waals surface area (Å²) in [6.45, 7) is 1.56. The summed E-state index contributed by atoms with van der Waals surface area (Å²) in [5, 5.41) is 10.7. The average Bonchev–Trinajstić information content (AvgIpc) is 3.20. The minimum atomic E-state index is -0.663. The average molecular weight is 342 g/mol. The van der Waals surface area contributed by atoms with Gasteiger partial charge in [0.1, 0.15) is 11.0 Å². The zero-order valence-electron chi connectivity index (χ0n) is 13.6. The van der Waals surface area contributed by atoms with E-state index in [0.29, 0.717) is 18.4 Å². The Labute approximate surface area is 146 Å². The number of carboxylic acid groups (broad SMARTS) is 1. The number of hydrogen-bond donors (Lipinski definition) is 1. The fraction of sp³-hybridized carbons (Fsp3) is 0.474. The van der Waals surface area contributed by atoms with Crippen molar-refractivity contribution in [2.45, 2.75) is 38.3 Å². The molecule has 2 aliphatic rings. The van der Waals surface area contributed by atoms with Gasteiger partial charge in [-0.3, -0.25) is 9.69 Å². The van der Waals surface area contributed by atoms with Crippen LogP contribution in [0.2, 0.25) is 0 Å². The zero-order valence-corrected chi connectivity index (χ0v) is 14.4. The van der Waals surface area contributed by atoms with E-state index in [0.717, 1.165) is 22.9 Å². The second kappa shape index (κ2) is 6.65. The van der Waals surface area contributed by atoms with Crippen molar-refractivity contribution in [2.24, 2.45) is 11.8 Å². The lowest BCUT2D eigenvalue weighted by atomic mass is 9.78. The van der Waals surface area contributed by atoms with Gasteiger partial charge in [-0.15, -0.1) is 11.3 Å². The number of carboxylic acids is 1. The van der Waals surface area contributed by atoms with E-state index in [4.69, 9.17) is 0 Å². The number of likely N-dealkylation sites (tertiary alicyclic amines) is 1. The Morgan fingerprint density at radius 3 is 2.83 bits per heavy atom. The van der Waals surface area contributed by atoms with Gasteiger partial charge in [0.25, 0.3) is 0 Å². The molecule has 0 amide bonds. The van der Waals surface area contributed by atoms with Crippen molar-refractivity contribution in [1.82, 2.24) is 9.88 Å². The van der Waals surface area contributed by atoms with Gasteiger partial charge < -0.3 is 5.11 Å². The van der Waals surface area contributed by atoms with Gasteiger partial charge >= 0.3 is 5.97 Å². The van der Waals surface area contributed by atoms with Crippen LogP contribution in [0.25, 0.3) is 10.4 Å². The van der Waals surface area contributed by atoms with Crippen molar-refractivity contribution in [3.05, 3.63) is 41.5 Å². The molecule has 0 radical (unpaired) electrons. The Morgan fingerprint density at radius 2 is 2.04 bits per heavy atom. The Hall–Kier alpha value is -1.72. The zero-order chi connectivity index (χ0) is 16.5.